The van der Waals surface area contributed by atoms with E-state index in [9.17, 15) is 10.2 Å². The number of hydrogen-bond acceptors (Lipinski definition) is 2. The first-order valence-electron chi connectivity index (χ1n) is 15.4. The van der Waals surface area contributed by atoms with Crippen LogP contribution in [0.2, 0.25) is 0 Å². The van der Waals surface area contributed by atoms with Gasteiger partial charge in [0.25, 0.3) is 0 Å². The molecule has 2 N–H and O–H groups in total. The van der Waals surface area contributed by atoms with Gasteiger partial charge in [-0.1, -0.05) is 123 Å². The molecule has 7 rings (SSSR count). The highest BCUT2D eigenvalue weighted by atomic mass is 16.3. The van der Waals surface area contributed by atoms with Gasteiger partial charge >= 0.3 is 0 Å². The molecule has 1 fully saturated rings. The van der Waals surface area contributed by atoms with E-state index < -0.39 is 0 Å². The van der Waals surface area contributed by atoms with Crippen LogP contribution in [0.3, 0.4) is 0 Å². The Hall–Kier alpha value is -3.20. The van der Waals surface area contributed by atoms with Gasteiger partial charge in [0.15, 0.2) is 0 Å². The molecule has 0 aromatic heterocycles. The summed E-state index contributed by atoms with van der Waals surface area (Å²) in [7, 11) is 0. The zero-order valence-corrected chi connectivity index (χ0v) is 23.4. The normalized spacial score (nSPS) is 18.0. The van der Waals surface area contributed by atoms with Crippen molar-refractivity contribution in [3.8, 4) is 22.3 Å². The van der Waals surface area contributed by atoms with Crippen LogP contribution in [0.25, 0.3) is 22.3 Å². The monoisotopic (exact) mass is 528 g/mol. The van der Waals surface area contributed by atoms with E-state index in [4.69, 9.17) is 0 Å². The summed E-state index contributed by atoms with van der Waals surface area (Å²) in [6.07, 6.45) is 8.41. The van der Waals surface area contributed by atoms with Gasteiger partial charge in [0.1, 0.15) is 0 Å². The molecule has 2 heteroatoms. The van der Waals surface area contributed by atoms with Crippen molar-refractivity contribution in [2.45, 2.75) is 62.2 Å². The van der Waals surface area contributed by atoms with Crippen molar-refractivity contribution in [1.82, 2.24) is 0 Å². The van der Waals surface area contributed by atoms with Gasteiger partial charge in [-0.2, -0.15) is 0 Å². The second kappa shape index (κ2) is 10.3. The summed E-state index contributed by atoms with van der Waals surface area (Å²) in [4.78, 5) is 0. The van der Waals surface area contributed by atoms with Crippen molar-refractivity contribution in [3.63, 3.8) is 0 Å². The maximum absolute atomic E-state index is 10.3. The predicted molar refractivity (Wildman–Crippen MR) is 163 cm³/mol. The second-order valence-electron chi connectivity index (χ2n) is 12.3. The lowest BCUT2D eigenvalue weighted by Gasteiger charge is -2.53. The zero-order chi connectivity index (χ0) is 27.2. The first-order valence-corrected chi connectivity index (χ1v) is 15.4. The minimum atomic E-state index is -0.231. The fourth-order valence-corrected chi connectivity index (χ4v) is 9.47. The second-order valence-corrected chi connectivity index (χ2v) is 12.3. The van der Waals surface area contributed by atoms with Gasteiger partial charge in [-0.25, -0.2) is 0 Å². The van der Waals surface area contributed by atoms with Gasteiger partial charge in [0.05, 0.1) is 0 Å². The molecule has 0 bridgehead atoms. The minimum absolute atomic E-state index is 0.195. The molecule has 0 unspecified atom stereocenters. The van der Waals surface area contributed by atoms with Crippen LogP contribution in [0.15, 0.2) is 97.1 Å². The largest absolute Gasteiger partial charge is 0.396 e. The summed E-state index contributed by atoms with van der Waals surface area (Å²) in [5.41, 5.74) is 10.7. The lowest BCUT2D eigenvalue weighted by atomic mass is 9.49. The van der Waals surface area contributed by atoms with Crippen molar-refractivity contribution in [3.05, 3.63) is 119 Å². The highest BCUT2D eigenvalue weighted by Crippen LogP contribution is 2.68. The number of fused-ring (bicyclic) bond motifs is 6. The highest BCUT2D eigenvalue weighted by molar-refractivity contribution is 5.84. The zero-order valence-electron chi connectivity index (χ0n) is 23.4. The molecule has 204 valence electrons. The van der Waals surface area contributed by atoms with E-state index in [2.05, 4.69) is 97.1 Å². The number of rotatable bonds is 9. The summed E-state index contributed by atoms with van der Waals surface area (Å²) in [5.74, 6) is 0.853. The van der Waals surface area contributed by atoms with Gasteiger partial charge in [0.2, 0.25) is 0 Å². The lowest BCUT2D eigenvalue weighted by Crippen LogP contribution is -2.51. The molecule has 0 atom stereocenters. The molecule has 2 nitrogen and oxygen atoms in total. The predicted octanol–water partition coefficient (Wildman–Crippen LogP) is 8.27. The topological polar surface area (TPSA) is 40.5 Å². The molecule has 3 aliphatic carbocycles. The van der Waals surface area contributed by atoms with E-state index in [-0.39, 0.29) is 24.0 Å². The molecule has 1 saturated carbocycles. The number of hydrogen-bond donors (Lipinski definition) is 2. The van der Waals surface area contributed by atoms with Gasteiger partial charge in [-0.15, -0.1) is 0 Å². The van der Waals surface area contributed by atoms with E-state index in [1.54, 1.807) is 0 Å². The van der Waals surface area contributed by atoms with E-state index in [0.29, 0.717) is 11.8 Å². The van der Waals surface area contributed by atoms with Gasteiger partial charge < -0.3 is 10.2 Å². The van der Waals surface area contributed by atoms with Gasteiger partial charge in [-0.05, 0) is 82.0 Å². The summed E-state index contributed by atoms with van der Waals surface area (Å²) in [6, 6.07) is 36.5. The third kappa shape index (κ3) is 3.55. The number of benzene rings is 4. The molecule has 0 saturated heterocycles. The Bertz CT molecular complexity index is 1310. The third-order valence-corrected chi connectivity index (χ3v) is 10.6. The molecule has 3 aliphatic rings. The van der Waals surface area contributed by atoms with Crippen LogP contribution in [0.5, 0.6) is 0 Å². The molecular formula is C38H40O2. The minimum Gasteiger partial charge on any atom is -0.396 e. The Morgan fingerprint density at radius 1 is 0.525 bits per heavy atom. The standard InChI is InChI=1S/C38H40O2/c39-25-11-23-37(32-19-7-3-15-28(32)29-16-4-8-20-33(29)37)36(27-13-1-2-14-27)38(24-12-26-40)34-21-9-5-17-30(34)31-18-6-10-22-35(31)38/h3-10,15-22,27,36,39-40H,1-2,11-14,23-26H2. The fraction of sp³-hybridized carbons (Fsp3) is 0.368. The first-order chi connectivity index (χ1) is 19.8. The summed E-state index contributed by atoms with van der Waals surface area (Å²) < 4.78 is 0. The molecule has 0 aliphatic heterocycles. The molecule has 4 aromatic rings. The van der Waals surface area contributed by atoms with Crippen LogP contribution < -0.4 is 0 Å². The fourth-order valence-electron chi connectivity index (χ4n) is 9.47. The summed E-state index contributed by atoms with van der Waals surface area (Å²) in [5, 5.41) is 20.7. The Balaban J connectivity index is 1.61. The van der Waals surface area contributed by atoms with Crippen molar-refractivity contribution < 1.29 is 10.2 Å². The van der Waals surface area contributed by atoms with Crippen LogP contribution in [0.4, 0.5) is 0 Å². The summed E-state index contributed by atoms with van der Waals surface area (Å²) in [6.45, 7) is 0.389. The van der Waals surface area contributed by atoms with Crippen LogP contribution in [0, 0.1) is 11.8 Å². The Morgan fingerprint density at radius 3 is 1.18 bits per heavy atom. The van der Waals surface area contributed by atoms with Crippen LogP contribution in [-0.2, 0) is 10.8 Å². The quantitative estimate of drug-likeness (QED) is 0.229. The van der Waals surface area contributed by atoms with Gasteiger partial charge in [-0.3, -0.25) is 0 Å². The number of aliphatic hydroxyl groups excluding tert-OH is 2. The van der Waals surface area contributed by atoms with Crippen molar-refractivity contribution in [1.29, 1.82) is 0 Å². The lowest BCUT2D eigenvalue weighted by molar-refractivity contribution is 0.106. The maximum Gasteiger partial charge on any atom is 0.0431 e. The van der Waals surface area contributed by atoms with Crippen LogP contribution in [0.1, 0.15) is 73.6 Å². The molecule has 0 amide bonds. The van der Waals surface area contributed by atoms with Crippen molar-refractivity contribution in [2.24, 2.45) is 11.8 Å². The molecule has 4 aromatic carbocycles. The average molecular weight is 529 g/mol. The Kier molecular flexibility index (Phi) is 6.65. The SMILES string of the molecule is OCCCC1(C(C2CCCC2)C2(CCCO)c3ccccc3-c3ccccc32)c2ccccc2-c2ccccc21. The van der Waals surface area contributed by atoms with E-state index in [0.717, 1.165) is 25.7 Å². The van der Waals surface area contributed by atoms with Crippen molar-refractivity contribution >= 4 is 0 Å². The third-order valence-electron chi connectivity index (χ3n) is 10.6. The smallest absolute Gasteiger partial charge is 0.0431 e. The van der Waals surface area contributed by atoms with Crippen molar-refractivity contribution in [2.75, 3.05) is 13.2 Å². The summed E-state index contributed by atoms with van der Waals surface area (Å²) >= 11 is 0. The average Bonchev–Trinajstić information content (AvgIpc) is 3.71. The highest BCUT2D eigenvalue weighted by Gasteiger charge is 2.61. The Labute approximate surface area is 238 Å². The van der Waals surface area contributed by atoms with E-state index >= 15 is 0 Å². The van der Waals surface area contributed by atoms with Crippen LogP contribution >= 0.6 is 0 Å². The molecule has 0 heterocycles. The maximum atomic E-state index is 10.3. The molecule has 40 heavy (non-hydrogen) atoms. The van der Waals surface area contributed by atoms with Gasteiger partial charge in [0, 0.05) is 24.0 Å². The molecule has 0 spiro atoms. The molecule has 0 radical (unpaired) electrons. The number of aliphatic hydroxyl groups is 2. The van der Waals surface area contributed by atoms with Crippen LogP contribution in [-0.4, -0.2) is 23.4 Å². The molecular weight excluding hydrogens is 488 g/mol. The van der Waals surface area contributed by atoms with E-state index in [1.165, 1.54) is 70.2 Å². The van der Waals surface area contributed by atoms with E-state index in [1.807, 2.05) is 0 Å². The Morgan fingerprint density at radius 2 is 0.850 bits per heavy atom. The first kappa shape index (κ1) is 25.7.